The maximum atomic E-state index is 6.34. The summed E-state index contributed by atoms with van der Waals surface area (Å²) in [5.74, 6) is 1.65. The first-order valence-electron chi connectivity index (χ1n) is 7.83. The van der Waals surface area contributed by atoms with Crippen molar-refractivity contribution >= 4 is 11.6 Å². The Balaban J connectivity index is 1.84. The van der Waals surface area contributed by atoms with Crippen LogP contribution in [0.15, 0.2) is 18.2 Å². The highest BCUT2D eigenvalue weighted by Crippen LogP contribution is 2.31. The zero-order valence-corrected chi connectivity index (χ0v) is 13.8. The highest BCUT2D eigenvalue weighted by atomic mass is 35.5. The van der Waals surface area contributed by atoms with Gasteiger partial charge in [-0.15, -0.1) is 0 Å². The molecule has 21 heavy (non-hydrogen) atoms. The molecule has 0 spiro atoms. The van der Waals surface area contributed by atoms with Crippen molar-refractivity contribution < 1.29 is 9.47 Å². The van der Waals surface area contributed by atoms with Crippen molar-refractivity contribution in [2.45, 2.75) is 45.3 Å². The summed E-state index contributed by atoms with van der Waals surface area (Å²) < 4.78 is 11.1. The SMILES string of the molecule is COCCNCc1ccc(OC2CCC(C)CC2)c(Cl)c1. The number of benzene rings is 1. The monoisotopic (exact) mass is 311 g/mol. The smallest absolute Gasteiger partial charge is 0.138 e. The van der Waals surface area contributed by atoms with Crippen LogP contribution in [0, 0.1) is 5.92 Å². The van der Waals surface area contributed by atoms with Crippen LogP contribution in [0.25, 0.3) is 0 Å². The second-order valence-corrected chi connectivity index (χ2v) is 6.34. The molecule has 4 heteroatoms. The molecule has 1 N–H and O–H groups in total. The van der Waals surface area contributed by atoms with Gasteiger partial charge in [-0.25, -0.2) is 0 Å². The Bertz CT molecular complexity index is 431. The number of rotatable bonds is 7. The third-order valence-electron chi connectivity index (χ3n) is 4.06. The van der Waals surface area contributed by atoms with Gasteiger partial charge in [0, 0.05) is 20.2 Å². The van der Waals surface area contributed by atoms with Crippen LogP contribution in [0.1, 0.15) is 38.2 Å². The number of methoxy groups -OCH3 is 1. The molecule has 0 saturated heterocycles. The van der Waals surface area contributed by atoms with Crippen molar-refractivity contribution in [1.82, 2.24) is 5.32 Å². The van der Waals surface area contributed by atoms with Crippen LogP contribution in [0.2, 0.25) is 5.02 Å². The molecule has 0 radical (unpaired) electrons. The highest BCUT2D eigenvalue weighted by Gasteiger charge is 2.20. The van der Waals surface area contributed by atoms with Crippen molar-refractivity contribution in [3.05, 3.63) is 28.8 Å². The average molecular weight is 312 g/mol. The fraction of sp³-hybridized carbons (Fsp3) is 0.647. The van der Waals surface area contributed by atoms with E-state index in [0.717, 1.165) is 44.2 Å². The quantitative estimate of drug-likeness (QED) is 0.771. The lowest BCUT2D eigenvalue weighted by Gasteiger charge is -2.27. The first-order valence-corrected chi connectivity index (χ1v) is 8.21. The van der Waals surface area contributed by atoms with E-state index in [4.69, 9.17) is 21.1 Å². The van der Waals surface area contributed by atoms with Crippen LogP contribution in [0.5, 0.6) is 5.75 Å². The summed E-state index contributed by atoms with van der Waals surface area (Å²) in [6.45, 7) is 4.67. The predicted molar refractivity (Wildman–Crippen MR) is 87.1 cm³/mol. The number of halogens is 1. The van der Waals surface area contributed by atoms with Crippen molar-refractivity contribution in [2.24, 2.45) is 5.92 Å². The minimum atomic E-state index is 0.323. The lowest BCUT2D eigenvalue weighted by Crippen LogP contribution is -2.23. The topological polar surface area (TPSA) is 30.5 Å². The Morgan fingerprint density at radius 2 is 2.00 bits per heavy atom. The van der Waals surface area contributed by atoms with E-state index in [1.807, 2.05) is 12.1 Å². The Kier molecular flexibility index (Phi) is 6.81. The molecule has 0 aromatic heterocycles. The maximum absolute atomic E-state index is 6.34. The summed E-state index contributed by atoms with van der Waals surface area (Å²) >= 11 is 6.34. The molecule has 0 unspecified atom stereocenters. The van der Waals surface area contributed by atoms with Gasteiger partial charge in [0.05, 0.1) is 17.7 Å². The minimum Gasteiger partial charge on any atom is -0.489 e. The van der Waals surface area contributed by atoms with Gasteiger partial charge in [-0.2, -0.15) is 0 Å². The van der Waals surface area contributed by atoms with Gasteiger partial charge < -0.3 is 14.8 Å². The minimum absolute atomic E-state index is 0.323. The molecule has 0 aliphatic heterocycles. The Labute approximate surface area is 133 Å². The number of nitrogens with one attached hydrogen (secondary N) is 1. The molecule has 1 saturated carbocycles. The van der Waals surface area contributed by atoms with Gasteiger partial charge >= 0.3 is 0 Å². The Morgan fingerprint density at radius 1 is 1.24 bits per heavy atom. The van der Waals surface area contributed by atoms with E-state index in [0.29, 0.717) is 11.1 Å². The lowest BCUT2D eigenvalue weighted by atomic mass is 9.89. The molecular weight excluding hydrogens is 286 g/mol. The second kappa shape index (κ2) is 8.62. The van der Waals surface area contributed by atoms with Crippen LogP contribution in [0.4, 0.5) is 0 Å². The van der Waals surface area contributed by atoms with E-state index in [9.17, 15) is 0 Å². The standard InChI is InChI=1S/C17H26ClNO2/c1-13-3-6-15(7-4-13)21-17-8-5-14(11-16(17)18)12-19-9-10-20-2/h5,8,11,13,15,19H,3-4,6-7,9-10,12H2,1-2H3. The van der Waals surface area contributed by atoms with Crippen LogP contribution < -0.4 is 10.1 Å². The molecule has 0 atom stereocenters. The summed E-state index contributed by atoms with van der Waals surface area (Å²) in [7, 11) is 1.71. The molecule has 1 fully saturated rings. The third kappa shape index (κ3) is 5.50. The maximum Gasteiger partial charge on any atom is 0.138 e. The molecule has 0 bridgehead atoms. The van der Waals surface area contributed by atoms with Gasteiger partial charge in [0.1, 0.15) is 5.75 Å². The van der Waals surface area contributed by atoms with Crippen LogP contribution >= 0.6 is 11.6 Å². The van der Waals surface area contributed by atoms with Gasteiger partial charge in [0.15, 0.2) is 0 Å². The molecule has 1 aromatic rings. The second-order valence-electron chi connectivity index (χ2n) is 5.93. The van der Waals surface area contributed by atoms with E-state index in [2.05, 4.69) is 18.3 Å². The van der Waals surface area contributed by atoms with Gasteiger partial charge in [0.2, 0.25) is 0 Å². The van der Waals surface area contributed by atoms with Crippen molar-refractivity contribution in [2.75, 3.05) is 20.3 Å². The third-order valence-corrected chi connectivity index (χ3v) is 4.36. The first-order chi connectivity index (χ1) is 10.2. The number of hydrogen-bond acceptors (Lipinski definition) is 3. The highest BCUT2D eigenvalue weighted by molar-refractivity contribution is 6.32. The van der Waals surface area contributed by atoms with Crippen LogP contribution in [-0.4, -0.2) is 26.4 Å². The zero-order chi connectivity index (χ0) is 15.1. The zero-order valence-electron chi connectivity index (χ0n) is 13.0. The van der Waals surface area contributed by atoms with Gasteiger partial charge in [-0.1, -0.05) is 24.6 Å². The van der Waals surface area contributed by atoms with E-state index in [1.54, 1.807) is 7.11 Å². The predicted octanol–water partition coefficient (Wildman–Crippen LogP) is 4.03. The average Bonchev–Trinajstić information content (AvgIpc) is 2.48. The number of ether oxygens (including phenoxy) is 2. The molecule has 1 aliphatic rings. The summed E-state index contributed by atoms with van der Waals surface area (Å²) in [6, 6.07) is 6.06. The first kappa shape index (κ1) is 16.6. The molecule has 3 nitrogen and oxygen atoms in total. The van der Waals surface area contributed by atoms with Crippen LogP contribution in [0.3, 0.4) is 0 Å². The molecule has 1 aromatic carbocycles. The van der Waals surface area contributed by atoms with E-state index in [-0.39, 0.29) is 0 Å². The Morgan fingerprint density at radius 3 is 2.67 bits per heavy atom. The molecule has 118 valence electrons. The summed E-state index contributed by atoms with van der Waals surface area (Å²) in [6.07, 6.45) is 5.10. The van der Waals surface area contributed by atoms with Gasteiger partial charge in [-0.05, 0) is 49.3 Å². The molecule has 1 aliphatic carbocycles. The largest absolute Gasteiger partial charge is 0.489 e. The summed E-state index contributed by atoms with van der Waals surface area (Å²) in [5, 5.41) is 4.02. The molecular formula is C17H26ClNO2. The molecule has 2 rings (SSSR count). The summed E-state index contributed by atoms with van der Waals surface area (Å²) in [4.78, 5) is 0. The van der Waals surface area contributed by atoms with Crippen molar-refractivity contribution in [3.8, 4) is 5.75 Å². The van der Waals surface area contributed by atoms with E-state index < -0.39 is 0 Å². The van der Waals surface area contributed by atoms with E-state index in [1.165, 1.54) is 18.4 Å². The van der Waals surface area contributed by atoms with Crippen molar-refractivity contribution in [1.29, 1.82) is 0 Å². The van der Waals surface area contributed by atoms with Crippen molar-refractivity contribution in [3.63, 3.8) is 0 Å². The van der Waals surface area contributed by atoms with Gasteiger partial charge in [0.25, 0.3) is 0 Å². The van der Waals surface area contributed by atoms with Gasteiger partial charge in [-0.3, -0.25) is 0 Å². The normalized spacial score (nSPS) is 22.2. The fourth-order valence-corrected chi connectivity index (χ4v) is 2.93. The lowest BCUT2D eigenvalue weighted by molar-refractivity contribution is 0.135. The van der Waals surface area contributed by atoms with Crippen LogP contribution in [-0.2, 0) is 11.3 Å². The Hall–Kier alpha value is -0.770. The number of hydrogen-bond donors (Lipinski definition) is 1. The molecule has 0 amide bonds. The summed E-state index contributed by atoms with van der Waals surface area (Å²) in [5.41, 5.74) is 1.17. The van der Waals surface area contributed by atoms with E-state index >= 15 is 0 Å². The molecule has 0 heterocycles. The fourth-order valence-electron chi connectivity index (χ4n) is 2.68.